The predicted molar refractivity (Wildman–Crippen MR) is 87.0 cm³/mol. The summed E-state index contributed by atoms with van der Waals surface area (Å²) >= 11 is 7.34. The first-order chi connectivity index (χ1) is 10.1. The van der Waals surface area contributed by atoms with Gasteiger partial charge in [-0.2, -0.15) is 5.10 Å². The van der Waals surface area contributed by atoms with E-state index in [2.05, 4.69) is 22.7 Å². The number of amides is 1. The molecule has 1 aromatic heterocycles. The summed E-state index contributed by atoms with van der Waals surface area (Å²) in [6.45, 7) is 1.87. The van der Waals surface area contributed by atoms with Crippen molar-refractivity contribution >= 4 is 34.6 Å². The zero-order valence-corrected chi connectivity index (χ0v) is 13.1. The van der Waals surface area contributed by atoms with Gasteiger partial charge in [0.1, 0.15) is 0 Å². The molecule has 1 saturated carbocycles. The lowest BCUT2D eigenvalue weighted by Gasteiger charge is -2.01. The Hall–Kier alpha value is -1.65. The van der Waals surface area contributed by atoms with Crippen molar-refractivity contribution in [2.75, 3.05) is 0 Å². The maximum Gasteiger partial charge on any atom is 0.243 e. The molecule has 1 aromatic carbocycles. The van der Waals surface area contributed by atoms with Crippen LogP contribution in [0.5, 0.6) is 0 Å². The molecule has 1 aliphatic carbocycles. The number of hydrogen-bond acceptors (Lipinski definition) is 3. The minimum absolute atomic E-state index is 0.00847. The van der Waals surface area contributed by atoms with Crippen LogP contribution in [0.25, 0.3) is 0 Å². The van der Waals surface area contributed by atoms with Crippen LogP contribution in [0.3, 0.4) is 0 Å². The molecule has 1 fully saturated rings. The first-order valence-corrected chi connectivity index (χ1v) is 7.99. The predicted octanol–water partition coefficient (Wildman–Crippen LogP) is 4.05. The molecule has 0 aliphatic heterocycles. The van der Waals surface area contributed by atoms with E-state index in [-0.39, 0.29) is 11.8 Å². The maximum atomic E-state index is 12.1. The molecule has 3 rings (SSSR count). The molecule has 0 spiro atoms. The second kappa shape index (κ2) is 6.00. The van der Waals surface area contributed by atoms with Gasteiger partial charge in [0.05, 0.1) is 14.9 Å². The lowest BCUT2D eigenvalue weighted by molar-refractivity contribution is -0.122. The van der Waals surface area contributed by atoms with Crippen LogP contribution in [-0.4, -0.2) is 11.6 Å². The van der Waals surface area contributed by atoms with Gasteiger partial charge >= 0.3 is 0 Å². The third-order valence-electron chi connectivity index (χ3n) is 3.62. The summed E-state index contributed by atoms with van der Waals surface area (Å²) in [7, 11) is 0. The van der Waals surface area contributed by atoms with E-state index in [0.717, 1.165) is 21.3 Å². The Bertz CT molecular complexity index is 681. The van der Waals surface area contributed by atoms with Crippen molar-refractivity contribution in [1.82, 2.24) is 5.43 Å². The van der Waals surface area contributed by atoms with Crippen LogP contribution in [0.4, 0.5) is 0 Å². The molecular weight excluding hydrogens is 304 g/mol. The van der Waals surface area contributed by atoms with Gasteiger partial charge in [0.25, 0.3) is 0 Å². The molecule has 21 heavy (non-hydrogen) atoms. The number of carbonyl (C=O) groups excluding carboxylic acids is 1. The zero-order chi connectivity index (χ0) is 14.8. The highest BCUT2D eigenvalue weighted by Gasteiger charge is 2.43. The van der Waals surface area contributed by atoms with E-state index < -0.39 is 0 Å². The standard InChI is InChI=1S/C16H15ClN2OS/c1-10(14-7-8-15(17)21-14)18-19-16(20)13-9-12(13)11-5-3-2-4-6-11/h2-8,12-13H,9H2,1H3,(H,19,20)/b18-10+. The van der Waals surface area contributed by atoms with E-state index in [4.69, 9.17) is 11.6 Å². The molecule has 2 atom stereocenters. The Balaban J connectivity index is 1.58. The van der Waals surface area contributed by atoms with Crippen molar-refractivity contribution in [2.45, 2.75) is 19.3 Å². The van der Waals surface area contributed by atoms with E-state index in [1.54, 1.807) is 0 Å². The SMILES string of the molecule is C/C(=N\NC(=O)C1CC1c1ccccc1)c1ccc(Cl)s1. The van der Waals surface area contributed by atoms with Gasteiger partial charge < -0.3 is 0 Å². The highest BCUT2D eigenvalue weighted by Crippen LogP contribution is 2.47. The van der Waals surface area contributed by atoms with Crippen molar-refractivity contribution in [2.24, 2.45) is 11.0 Å². The van der Waals surface area contributed by atoms with Gasteiger partial charge in [-0.15, -0.1) is 11.3 Å². The molecule has 0 radical (unpaired) electrons. The number of hydrogen-bond donors (Lipinski definition) is 1. The minimum atomic E-state index is -0.00847. The molecule has 5 heteroatoms. The topological polar surface area (TPSA) is 41.5 Å². The maximum absolute atomic E-state index is 12.1. The average Bonchev–Trinajstić information content (AvgIpc) is 3.20. The van der Waals surface area contributed by atoms with Gasteiger partial charge in [-0.3, -0.25) is 4.79 Å². The number of nitrogens with one attached hydrogen (secondary N) is 1. The highest BCUT2D eigenvalue weighted by molar-refractivity contribution is 7.18. The van der Waals surface area contributed by atoms with Gasteiger partial charge in [0.2, 0.25) is 5.91 Å². The van der Waals surface area contributed by atoms with Crippen molar-refractivity contribution < 1.29 is 4.79 Å². The van der Waals surface area contributed by atoms with Crippen LogP contribution in [0.2, 0.25) is 4.34 Å². The number of hydrazone groups is 1. The second-order valence-electron chi connectivity index (χ2n) is 5.14. The highest BCUT2D eigenvalue weighted by atomic mass is 35.5. The molecule has 1 amide bonds. The Morgan fingerprint density at radius 2 is 2.05 bits per heavy atom. The Morgan fingerprint density at radius 1 is 1.29 bits per heavy atom. The summed E-state index contributed by atoms with van der Waals surface area (Å²) < 4.78 is 0.720. The summed E-state index contributed by atoms with van der Waals surface area (Å²) in [5, 5.41) is 4.17. The van der Waals surface area contributed by atoms with Crippen LogP contribution in [-0.2, 0) is 4.79 Å². The fourth-order valence-electron chi connectivity index (χ4n) is 2.34. The Kier molecular flexibility index (Phi) is 4.08. The van der Waals surface area contributed by atoms with Crippen LogP contribution < -0.4 is 5.43 Å². The van der Waals surface area contributed by atoms with E-state index in [1.165, 1.54) is 16.9 Å². The molecule has 1 N–H and O–H groups in total. The van der Waals surface area contributed by atoms with E-state index in [1.807, 2.05) is 37.3 Å². The number of halogens is 1. The van der Waals surface area contributed by atoms with Crippen LogP contribution in [0, 0.1) is 5.92 Å². The summed E-state index contributed by atoms with van der Waals surface area (Å²) in [5.41, 5.74) is 4.66. The number of nitrogens with zero attached hydrogens (tertiary/aromatic N) is 1. The van der Waals surface area contributed by atoms with Gasteiger partial charge in [0.15, 0.2) is 0 Å². The van der Waals surface area contributed by atoms with E-state index in [9.17, 15) is 4.79 Å². The smallest absolute Gasteiger partial charge is 0.243 e. The quantitative estimate of drug-likeness (QED) is 0.670. The molecule has 0 saturated heterocycles. The first kappa shape index (κ1) is 14.3. The van der Waals surface area contributed by atoms with E-state index >= 15 is 0 Å². The number of carbonyl (C=O) groups is 1. The molecule has 3 nitrogen and oxygen atoms in total. The largest absolute Gasteiger partial charge is 0.273 e. The van der Waals surface area contributed by atoms with Crippen LogP contribution in [0.1, 0.15) is 29.7 Å². The third kappa shape index (κ3) is 3.34. The normalized spacial score (nSPS) is 21.1. The van der Waals surface area contributed by atoms with Gasteiger partial charge in [-0.25, -0.2) is 5.43 Å². The fraction of sp³-hybridized carbons (Fsp3) is 0.250. The third-order valence-corrected chi connectivity index (χ3v) is 4.96. The summed E-state index contributed by atoms with van der Waals surface area (Å²) in [4.78, 5) is 13.1. The fourth-order valence-corrected chi connectivity index (χ4v) is 3.33. The molecule has 2 unspecified atom stereocenters. The first-order valence-electron chi connectivity index (χ1n) is 6.80. The molecule has 108 valence electrons. The molecule has 1 heterocycles. The van der Waals surface area contributed by atoms with Crippen molar-refractivity contribution in [3.8, 4) is 0 Å². The van der Waals surface area contributed by atoms with Crippen molar-refractivity contribution in [3.63, 3.8) is 0 Å². The molecule has 0 bridgehead atoms. The molecule has 2 aromatic rings. The lowest BCUT2D eigenvalue weighted by atomic mass is 10.1. The minimum Gasteiger partial charge on any atom is -0.273 e. The van der Waals surface area contributed by atoms with Crippen molar-refractivity contribution in [3.05, 3.63) is 57.2 Å². The van der Waals surface area contributed by atoms with Gasteiger partial charge in [0, 0.05) is 5.92 Å². The Labute approximate surface area is 132 Å². The second-order valence-corrected chi connectivity index (χ2v) is 6.85. The molecule has 1 aliphatic rings. The zero-order valence-electron chi connectivity index (χ0n) is 11.5. The van der Waals surface area contributed by atoms with Crippen molar-refractivity contribution in [1.29, 1.82) is 0 Å². The lowest BCUT2D eigenvalue weighted by Crippen LogP contribution is -2.21. The van der Waals surface area contributed by atoms with Crippen LogP contribution >= 0.6 is 22.9 Å². The van der Waals surface area contributed by atoms with Gasteiger partial charge in [-0.1, -0.05) is 41.9 Å². The monoisotopic (exact) mass is 318 g/mol. The van der Waals surface area contributed by atoms with E-state index in [0.29, 0.717) is 5.92 Å². The average molecular weight is 319 g/mol. The molecular formula is C16H15ClN2OS. The number of rotatable bonds is 4. The Morgan fingerprint density at radius 3 is 2.71 bits per heavy atom. The summed E-state index contributed by atoms with van der Waals surface area (Å²) in [5.74, 6) is 0.361. The number of benzene rings is 1. The summed E-state index contributed by atoms with van der Waals surface area (Å²) in [6.07, 6.45) is 0.898. The summed E-state index contributed by atoms with van der Waals surface area (Å²) in [6, 6.07) is 13.9. The van der Waals surface area contributed by atoms with Crippen LogP contribution in [0.15, 0.2) is 47.6 Å². The van der Waals surface area contributed by atoms with Gasteiger partial charge in [-0.05, 0) is 37.0 Å². The number of thiophene rings is 1.